The zero-order valence-corrected chi connectivity index (χ0v) is 11.1. The van der Waals surface area contributed by atoms with Gasteiger partial charge >= 0.3 is 0 Å². The molecule has 0 aliphatic carbocycles. The highest BCUT2D eigenvalue weighted by atomic mass is 32.1. The van der Waals surface area contributed by atoms with Gasteiger partial charge in [0, 0.05) is 11.8 Å². The molecule has 1 atom stereocenters. The van der Waals surface area contributed by atoms with Crippen molar-refractivity contribution in [3.8, 4) is 0 Å². The van der Waals surface area contributed by atoms with E-state index in [2.05, 4.69) is 9.97 Å². The molecule has 0 fully saturated rings. The van der Waals surface area contributed by atoms with E-state index < -0.39 is 0 Å². The molecule has 3 rings (SSSR count). The van der Waals surface area contributed by atoms with Crippen molar-refractivity contribution in [3.05, 3.63) is 58.7 Å². The molecule has 1 N–H and O–H groups in total. The Morgan fingerprint density at radius 3 is 2.84 bits per heavy atom. The summed E-state index contributed by atoms with van der Waals surface area (Å²) in [7, 11) is 0. The Balaban J connectivity index is 2.22. The zero-order valence-electron chi connectivity index (χ0n) is 10.3. The van der Waals surface area contributed by atoms with E-state index in [0.717, 1.165) is 11.2 Å². The summed E-state index contributed by atoms with van der Waals surface area (Å²) in [5, 5.41) is 0. The number of imidazole rings is 1. The topological polar surface area (TPSA) is 33.6 Å². The molecule has 19 heavy (non-hydrogen) atoms. The van der Waals surface area contributed by atoms with E-state index in [1.807, 2.05) is 29.7 Å². The Morgan fingerprint density at radius 1 is 1.26 bits per heavy atom. The van der Waals surface area contributed by atoms with Gasteiger partial charge in [-0.3, -0.25) is 4.57 Å². The normalized spacial score (nSPS) is 12.7. The number of pyridine rings is 1. The van der Waals surface area contributed by atoms with Crippen molar-refractivity contribution in [1.82, 2.24) is 14.5 Å². The van der Waals surface area contributed by atoms with Gasteiger partial charge in [0.15, 0.2) is 10.4 Å². The number of nitrogens with zero attached hydrogens (tertiary/aromatic N) is 2. The van der Waals surface area contributed by atoms with Gasteiger partial charge in [-0.2, -0.15) is 0 Å². The van der Waals surface area contributed by atoms with E-state index in [1.165, 1.54) is 6.07 Å². The minimum absolute atomic E-state index is 0.211. The first-order valence-corrected chi connectivity index (χ1v) is 6.39. The third-order valence-corrected chi connectivity index (χ3v) is 3.52. The molecule has 96 valence electrons. The number of fused-ring (bicyclic) bond motifs is 1. The van der Waals surface area contributed by atoms with Crippen molar-refractivity contribution >= 4 is 23.4 Å². The standard InChI is InChI=1S/C14H12FN3S/c1-9(10-5-2-3-6-11(10)15)18-13-12(17-14(18)19)7-4-8-16-13/h2-9H,1H3,(H,17,19). The molecular formula is C14H12FN3S. The second kappa shape index (κ2) is 4.59. The summed E-state index contributed by atoms with van der Waals surface area (Å²) in [5.41, 5.74) is 2.20. The van der Waals surface area contributed by atoms with Crippen LogP contribution in [0.5, 0.6) is 0 Å². The van der Waals surface area contributed by atoms with Crippen LogP contribution in [0.4, 0.5) is 4.39 Å². The number of rotatable bonds is 2. The van der Waals surface area contributed by atoms with Gasteiger partial charge < -0.3 is 4.98 Å². The molecule has 2 heterocycles. The van der Waals surface area contributed by atoms with E-state index in [1.54, 1.807) is 18.3 Å². The van der Waals surface area contributed by atoms with Crippen LogP contribution in [0.15, 0.2) is 42.6 Å². The predicted molar refractivity (Wildman–Crippen MR) is 75.1 cm³/mol. The Morgan fingerprint density at radius 2 is 2.05 bits per heavy atom. The molecule has 0 aliphatic rings. The summed E-state index contributed by atoms with van der Waals surface area (Å²) in [5.74, 6) is -0.234. The van der Waals surface area contributed by atoms with E-state index in [9.17, 15) is 4.39 Å². The fourth-order valence-corrected chi connectivity index (χ4v) is 2.62. The van der Waals surface area contributed by atoms with Crippen molar-refractivity contribution in [2.24, 2.45) is 0 Å². The smallest absolute Gasteiger partial charge is 0.179 e. The molecular weight excluding hydrogens is 261 g/mol. The highest BCUT2D eigenvalue weighted by Gasteiger charge is 2.16. The average molecular weight is 273 g/mol. The molecule has 0 amide bonds. The van der Waals surface area contributed by atoms with E-state index >= 15 is 0 Å². The third-order valence-electron chi connectivity index (χ3n) is 3.22. The molecule has 0 saturated carbocycles. The third kappa shape index (κ3) is 1.96. The fraction of sp³-hybridized carbons (Fsp3) is 0.143. The maximum absolute atomic E-state index is 13.9. The second-order valence-electron chi connectivity index (χ2n) is 4.37. The maximum atomic E-state index is 13.9. The lowest BCUT2D eigenvalue weighted by Crippen LogP contribution is -2.09. The molecule has 5 heteroatoms. The molecule has 1 aromatic carbocycles. The lowest BCUT2D eigenvalue weighted by molar-refractivity contribution is 0.559. The molecule has 0 saturated heterocycles. The molecule has 0 radical (unpaired) electrons. The lowest BCUT2D eigenvalue weighted by Gasteiger charge is -2.15. The van der Waals surface area contributed by atoms with E-state index in [-0.39, 0.29) is 11.9 Å². The molecule has 0 bridgehead atoms. The van der Waals surface area contributed by atoms with Crippen molar-refractivity contribution < 1.29 is 4.39 Å². The van der Waals surface area contributed by atoms with Crippen LogP contribution in [0.25, 0.3) is 11.2 Å². The first kappa shape index (κ1) is 12.0. The highest BCUT2D eigenvalue weighted by molar-refractivity contribution is 7.71. The van der Waals surface area contributed by atoms with Crippen molar-refractivity contribution in [3.63, 3.8) is 0 Å². The quantitative estimate of drug-likeness (QED) is 0.720. The van der Waals surface area contributed by atoms with Gasteiger partial charge in [-0.25, -0.2) is 9.37 Å². The number of hydrogen-bond donors (Lipinski definition) is 1. The van der Waals surface area contributed by atoms with Crippen LogP contribution in [0, 0.1) is 10.6 Å². The number of hydrogen-bond acceptors (Lipinski definition) is 2. The first-order valence-electron chi connectivity index (χ1n) is 5.98. The Bertz CT molecular complexity index is 790. The molecule has 3 nitrogen and oxygen atoms in total. The largest absolute Gasteiger partial charge is 0.329 e. The van der Waals surface area contributed by atoms with Crippen LogP contribution in [0.1, 0.15) is 18.5 Å². The molecule has 1 unspecified atom stereocenters. The second-order valence-corrected chi connectivity index (χ2v) is 4.76. The summed E-state index contributed by atoms with van der Waals surface area (Å²) in [4.78, 5) is 7.41. The van der Waals surface area contributed by atoms with Crippen LogP contribution < -0.4 is 0 Å². The maximum Gasteiger partial charge on any atom is 0.179 e. The number of benzene rings is 1. The van der Waals surface area contributed by atoms with Crippen LogP contribution >= 0.6 is 12.2 Å². The monoisotopic (exact) mass is 273 g/mol. The number of aromatic amines is 1. The van der Waals surface area contributed by atoms with Gasteiger partial charge in [-0.1, -0.05) is 18.2 Å². The minimum Gasteiger partial charge on any atom is -0.329 e. The van der Waals surface area contributed by atoms with Gasteiger partial charge in [-0.15, -0.1) is 0 Å². The van der Waals surface area contributed by atoms with Gasteiger partial charge in [0.1, 0.15) is 5.82 Å². The zero-order chi connectivity index (χ0) is 13.4. The highest BCUT2D eigenvalue weighted by Crippen LogP contribution is 2.24. The molecule has 2 aromatic heterocycles. The molecule has 3 aromatic rings. The van der Waals surface area contributed by atoms with Crippen molar-refractivity contribution in [2.75, 3.05) is 0 Å². The van der Waals surface area contributed by atoms with Gasteiger partial charge in [0.2, 0.25) is 0 Å². The number of nitrogens with one attached hydrogen (secondary N) is 1. The van der Waals surface area contributed by atoms with Gasteiger partial charge in [0.25, 0.3) is 0 Å². The average Bonchev–Trinajstić information content (AvgIpc) is 2.74. The van der Waals surface area contributed by atoms with Crippen molar-refractivity contribution in [1.29, 1.82) is 0 Å². The fourth-order valence-electron chi connectivity index (χ4n) is 2.27. The number of halogens is 1. The Labute approximate surface area is 114 Å². The van der Waals surface area contributed by atoms with Gasteiger partial charge in [0.05, 0.1) is 11.6 Å². The lowest BCUT2D eigenvalue weighted by atomic mass is 10.1. The summed E-state index contributed by atoms with van der Waals surface area (Å²) < 4.78 is 16.3. The first-order chi connectivity index (χ1) is 9.18. The van der Waals surface area contributed by atoms with Gasteiger partial charge in [-0.05, 0) is 37.3 Å². The molecule has 0 spiro atoms. The predicted octanol–water partition coefficient (Wildman–Crippen LogP) is 3.84. The minimum atomic E-state index is -0.234. The Hall–Kier alpha value is -2.01. The van der Waals surface area contributed by atoms with Crippen LogP contribution in [-0.2, 0) is 0 Å². The number of aromatic nitrogens is 3. The Kier molecular flexibility index (Phi) is 2.91. The molecule has 0 aliphatic heterocycles. The van der Waals surface area contributed by atoms with Crippen LogP contribution in [0.2, 0.25) is 0 Å². The van der Waals surface area contributed by atoms with E-state index in [4.69, 9.17) is 12.2 Å². The summed E-state index contributed by atoms with van der Waals surface area (Å²) >= 11 is 5.32. The summed E-state index contributed by atoms with van der Waals surface area (Å²) in [6.07, 6.45) is 1.70. The summed E-state index contributed by atoms with van der Waals surface area (Å²) in [6.45, 7) is 1.91. The van der Waals surface area contributed by atoms with Crippen LogP contribution in [0.3, 0.4) is 0 Å². The van der Waals surface area contributed by atoms with E-state index in [0.29, 0.717) is 10.3 Å². The van der Waals surface area contributed by atoms with Crippen molar-refractivity contribution in [2.45, 2.75) is 13.0 Å². The summed E-state index contributed by atoms with van der Waals surface area (Å²) in [6, 6.07) is 10.3. The number of H-pyrrole nitrogens is 1. The SMILES string of the molecule is CC(c1ccccc1F)n1c(=S)[nH]c2cccnc21. The van der Waals surface area contributed by atoms with Crippen LogP contribution in [-0.4, -0.2) is 14.5 Å².